The molecule has 0 unspecified atom stereocenters. The third kappa shape index (κ3) is 2.18. The highest BCUT2D eigenvalue weighted by atomic mass is 15.3. The first-order chi connectivity index (χ1) is 7.80. The van der Waals surface area contributed by atoms with Crippen molar-refractivity contribution >= 4 is 5.82 Å². The fraction of sp³-hybridized carbons (Fsp3) is 0.769. The maximum Gasteiger partial charge on any atom is 0.149 e. The van der Waals surface area contributed by atoms with Crippen molar-refractivity contribution in [3.8, 4) is 0 Å². The molecule has 2 heterocycles. The number of hydrogen-bond acceptors (Lipinski definition) is 3. The Morgan fingerprint density at radius 1 is 1.29 bits per heavy atom. The highest BCUT2D eigenvalue weighted by Gasteiger charge is 2.30. The minimum absolute atomic E-state index is 0.207. The van der Waals surface area contributed by atoms with Gasteiger partial charge in [-0.2, -0.15) is 5.10 Å². The predicted octanol–water partition coefficient (Wildman–Crippen LogP) is 2.20. The van der Waals surface area contributed by atoms with Crippen LogP contribution in [0.1, 0.15) is 51.9 Å². The summed E-state index contributed by atoms with van der Waals surface area (Å²) in [5.74, 6) is 0.724. The third-order valence-corrected chi connectivity index (χ3v) is 3.56. The first kappa shape index (κ1) is 12.4. The van der Waals surface area contributed by atoms with Gasteiger partial charge in [-0.05, 0) is 41.0 Å². The molecule has 0 aliphatic carbocycles. The summed E-state index contributed by atoms with van der Waals surface area (Å²) in [5.41, 5.74) is 8.78. The number of rotatable bonds is 1. The van der Waals surface area contributed by atoms with E-state index in [0.29, 0.717) is 6.04 Å². The summed E-state index contributed by atoms with van der Waals surface area (Å²) in [6.45, 7) is 13.1. The van der Waals surface area contributed by atoms with Crippen molar-refractivity contribution in [3.63, 3.8) is 0 Å². The zero-order chi connectivity index (χ0) is 12.8. The normalized spacial score (nSPS) is 17.5. The summed E-state index contributed by atoms with van der Waals surface area (Å²) in [4.78, 5) is 2.50. The van der Waals surface area contributed by atoms with Gasteiger partial charge in [0.2, 0.25) is 0 Å². The number of nitrogens with zero attached hydrogens (tertiary/aromatic N) is 3. The fourth-order valence-electron chi connectivity index (χ4n) is 2.47. The zero-order valence-electron chi connectivity index (χ0n) is 11.6. The smallest absolute Gasteiger partial charge is 0.149 e. The molecule has 0 atom stereocenters. The van der Waals surface area contributed by atoms with Crippen molar-refractivity contribution in [2.24, 2.45) is 0 Å². The van der Waals surface area contributed by atoms with E-state index in [1.54, 1.807) is 0 Å². The number of aromatic nitrogens is 2. The Bertz CT molecular complexity index is 412. The lowest BCUT2D eigenvalue weighted by molar-refractivity contribution is 0.116. The molecule has 0 aromatic carbocycles. The van der Waals surface area contributed by atoms with Crippen molar-refractivity contribution in [3.05, 3.63) is 11.3 Å². The second kappa shape index (κ2) is 4.02. The Kier molecular flexibility index (Phi) is 2.94. The van der Waals surface area contributed by atoms with E-state index < -0.39 is 0 Å². The first-order valence-electron chi connectivity index (χ1n) is 6.41. The van der Waals surface area contributed by atoms with E-state index in [1.807, 2.05) is 0 Å². The molecule has 1 aliphatic rings. The third-order valence-electron chi connectivity index (χ3n) is 3.56. The van der Waals surface area contributed by atoms with Gasteiger partial charge in [0.1, 0.15) is 5.82 Å². The fourth-order valence-corrected chi connectivity index (χ4v) is 2.47. The van der Waals surface area contributed by atoms with Gasteiger partial charge in [0.05, 0.1) is 5.69 Å². The Morgan fingerprint density at radius 2 is 1.94 bits per heavy atom. The predicted molar refractivity (Wildman–Crippen MR) is 70.9 cm³/mol. The molecule has 2 N–H and O–H groups in total. The number of nitrogens with two attached hydrogens (primary N) is 1. The largest absolute Gasteiger partial charge is 0.382 e. The average Bonchev–Trinajstić information content (AvgIpc) is 2.54. The van der Waals surface area contributed by atoms with Crippen LogP contribution in [-0.2, 0) is 13.0 Å². The molecule has 4 nitrogen and oxygen atoms in total. The lowest BCUT2D eigenvalue weighted by atomic mass is 9.99. The SMILES string of the molecule is CC(C)n1nc(N)c2c1CN(C(C)(C)C)CC2. The van der Waals surface area contributed by atoms with Crippen molar-refractivity contribution < 1.29 is 0 Å². The summed E-state index contributed by atoms with van der Waals surface area (Å²) >= 11 is 0. The van der Waals surface area contributed by atoms with Gasteiger partial charge in [-0.15, -0.1) is 0 Å². The quantitative estimate of drug-likeness (QED) is 0.813. The van der Waals surface area contributed by atoms with Crippen LogP contribution in [0.15, 0.2) is 0 Å². The molecule has 1 aliphatic heterocycles. The second-order valence-electron chi connectivity index (χ2n) is 6.19. The Morgan fingerprint density at radius 3 is 2.47 bits per heavy atom. The van der Waals surface area contributed by atoms with Gasteiger partial charge >= 0.3 is 0 Å². The lowest BCUT2D eigenvalue weighted by Crippen LogP contribution is -2.44. The van der Waals surface area contributed by atoms with Gasteiger partial charge in [0.15, 0.2) is 0 Å². The van der Waals surface area contributed by atoms with Gasteiger partial charge in [0.25, 0.3) is 0 Å². The van der Waals surface area contributed by atoms with Crippen molar-refractivity contribution in [2.75, 3.05) is 12.3 Å². The van der Waals surface area contributed by atoms with Crippen LogP contribution in [-0.4, -0.2) is 26.8 Å². The molecule has 0 radical (unpaired) electrons. The summed E-state index contributed by atoms with van der Waals surface area (Å²) in [7, 11) is 0. The highest BCUT2D eigenvalue weighted by Crippen LogP contribution is 2.29. The average molecular weight is 236 g/mol. The molecule has 2 rings (SSSR count). The van der Waals surface area contributed by atoms with Crippen LogP contribution >= 0.6 is 0 Å². The number of nitrogen functional groups attached to an aromatic ring is 1. The molecule has 0 fully saturated rings. The van der Waals surface area contributed by atoms with Crippen LogP contribution in [0.3, 0.4) is 0 Å². The minimum atomic E-state index is 0.207. The lowest BCUT2D eigenvalue weighted by Gasteiger charge is -2.38. The van der Waals surface area contributed by atoms with Gasteiger partial charge < -0.3 is 5.73 Å². The highest BCUT2D eigenvalue weighted by molar-refractivity contribution is 5.44. The molecule has 0 saturated carbocycles. The monoisotopic (exact) mass is 236 g/mol. The summed E-state index contributed by atoms with van der Waals surface area (Å²) < 4.78 is 2.09. The van der Waals surface area contributed by atoms with Crippen LogP contribution in [0.25, 0.3) is 0 Å². The topological polar surface area (TPSA) is 47.1 Å². The molecule has 17 heavy (non-hydrogen) atoms. The number of hydrogen-bond donors (Lipinski definition) is 1. The summed E-state index contributed by atoms with van der Waals surface area (Å²) in [6, 6.07) is 0.376. The van der Waals surface area contributed by atoms with Crippen LogP contribution in [0.2, 0.25) is 0 Å². The standard InChI is InChI=1S/C13H24N4/c1-9(2)17-11-8-16(13(3,4)5)7-6-10(11)12(14)15-17/h9H,6-8H2,1-5H3,(H2,14,15). The summed E-state index contributed by atoms with van der Waals surface area (Å²) in [5, 5.41) is 4.48. The van der Waals surface area contributed by atoms with E-state index >= 15 is 0 Å². The number of anilines is 1. The van der Waals surface area contributed by atoms with Gasteiger partial charge in [-0.3, -0.25) is 9.58 Å². The molecule has 96 valence electrons. The Hall–Kier alpha value is -1.03. The molecule has 1 aromatic rings. The van der Waals surface area contributed by atoms with Crippen LogP contribution < -0.4 is 5.73 Å². The molecule has 0 spiro atoms. The van der Waals surface area contributed by atoms with Crippen LogP contribution in [0, 0.1) is 0 Å². The molecule has 0 saturated heterocycles. The van der Waals surface area contributed by atoms with Crippen molar-refractivity contribution in [1.82, 2.24) is 14.7 Å². The van der Waals surface area contributed by atoms with Gasteiger partial charge in [-0.25, -0.2) is 0 Å². The van der Waals surface area contributed by atoms with Crippen LogP contribution in [0.4, 0.5) is 5.82 Å². The molecule has 0 bridgehead atoms. The molecular formula is C13H24N4. The number of fused-ring (bicyclic) bond motifs is 1. The van der Waals surface area contributed by atoms with Gasteiger partial charge in [-0.1, -0.05) is 0 Å². The van der Waals surface area contributed by atoms with E-state index in [4.69, 9.17) is 5.73 Å². The van der Waals surface area contributed by atoms with E-state index in [2.05, 4.69) is 49.3 Å². The van der Waals surface area contributed by atoms with Crippen molar-refractivity contribution in [2.45, 2.75) is 59.2 Å². The molecule has 0 amide bonds. The minimum Gasteiger partial charge on any atom is -0.382 e. The first-order valence-corrected chi connectivity index (χ1v) is 6.41. The van der Waals surface area contributed by atoms with E-state index in [9.17, 15) is 0 Å². The summed E-state index contributed by atoms with van der Waals surface area (Å²) in [6.07, 6.45) is 1.02. The van der Waals surface area contributed by atoms with E-state index in [-0.39, 0.29) is 5.54 Å². The molecular weight excluding hydrogens is 212 g/mol. The van der Waals surface area contributed by atoms with E-state index in [1.165, 1.54) is 11.3 Å². The maximum atomic E-state index is 6.00. The van der Waals surface area contributed by atoms with E-state index in [0.717, 1.165) is 25.3 Å². The second-order valence-corrected chi connectivity index (χ2v) is 6.19. The van der Waals surface area contributed by atoms with Gasteiger partial charge in [0, 0.05) is 30.2 Å². The molecule has 4 heteroatoms. The van der Waals surface area contributed by atoms with Crippen LogP contribution in [0.5, 0.6) is 0 Å². The molecule has 1 aromatic heterocycles. The maximum absolute atomic E-state index is 6.00. The zero-order valence-corrected chi connectivity index (χ0v) is 11.6. The Balaban J connectivity index is 2.36. The van der Waals surface area contributed by atoms with Crippen molar-refractivity contribution in [1.29, 1.82) is 0 Å². The Labute approximate surface area is 104 Å².